The predicted molar refractivity (Wildman–Crippen MR) is 147 cm³/mol. The van der Waals surface area contributed by atoms with Crippen LogP contribution in [0.25, 0.3) is 5.76 Å². The second kappa shape index (κ2) is 12.5. The molecule has 0 unspecified atom stereocenters. The lowest BCUT2D eigenvalue weighted by molar-refractivity contribution is -0.140. The molecule has 0 bridgehead atoms. The fraction of sp³-hybridized carbons (Fsp3) is 0.290. The van der Waals surface area contributed by atoms with Crippen molar-refractivity contribution in [3.8, 4) is 17.2 Å². The van der Waals surface area contributed by atoms with Gasteiger partial charge in [-0.2, -0.15) is 0 Å². The minimum atomic E-state index is -0.810. The lowest BCUT2D eigenvalue weighted by Gasteiger charge is -2.26. The third kappa shape index (κ3) is 5.91. The zero-order valence-corrected chi connectivity index (χ0v) is 22.6. The van der Waals surface area contributed by atoms with Crippen LogP contribution in [0.4, 0.5) is 0 Å². The van der Waals surface area contributed by atoms with Gasteiger partial charge >= 0.3 is 0 Å². The van der Waals surface area contributed by atoms with Crippen LogP contribution in [-0.4, -0.2) is 56.2 Å². The van der Waals surface area contributed by atoms with E-state index in [4.69, 9.17) is 18.9 Å². The van der Waals surface area contributed by atoms with Gasteiger partial charge in [0.25, 0.3) is 11.7 Å². The molecule has 8 heteroatoms. The summed E-state index contributed by atoms with van der Waals surface area (Å²) < 4.78 is 21.9. The van der Waals surface area contributed by atoms with Crippen LogP contribution in [0.5, 0.6) is 17.2 Å². The highest BCUT2D eigenvalue weighted by Gasteiger charge is 2.46. The SMILES string of the molecule is COCCCN1C(=O)C(=O)/C(=C(/O)c2ccc(OCc3ccccc3)cc2C)[C@H]1c1ccc(OC)c(OC)c1. The molecule has 1 aliphatic heterocycles. The number of aliphatic hydroxyl groups excluding tert-OH is 1. The fourth-order valence-electron chi connectivity index (χ4n) is 4.74. The number of nitrogens with zero attached hydrogens (tertiary/aromatic N) is 1. The molecule has 8 nitrogen and oxygen atoms in total. The number of aliphatic hydroxyl groups is 1. The number of amides is 1. The minimum Gasteiger partial charge on any atom is -0.507 e. The number of Topliss-reactive ketones (excluding diaryl/α,β-unsaturated/α-hetero) is 1. The van der Waals surface area contributed by atoms with Crippen molar-refractivity contribution in [2.45, 2.75) is 26.0 Å². The minimum absolute atomic E-state index is 0.0192. The molecule has 1 saturated heterocycles. The standard InChI is InChI=1S/C31H33NO7/c1-20-17-23(39-19-21-9-6-5-7-10-21)12-13-24(20)29(33)27-28(22-11-14-25(37-3)26(18-22)38-4)32(15-8-16-36-2)31(35)30(27)34/h5-7,9-14,17-18,28,33H,8,15-16,19H2,1-4H3/b29-27+/t28-/m1/s1. The largest absolute Gasteiger partial charge is 0.507 e. The van der Waals surface area contributed by atoms with Crippen molar-refractivity contribution >= 4 is 17.4 Å². The third-order valence-electron chi connectivity index (χ3n) is 6.71. The summed E-state index contributed by atoms with van der Waals surface area (Å²) >= 11 is 0. The maximum atomic E-state index is 13.3. The molecular weight excluding hydrogens is 498 g/mol. The molecule has 0 radical (unpaired) electrons. The predicted octanol–water partition coefficient (Wildman–Crippen LogP) is 5.05. The molecule has 1 N–H and O–H groups in total. The molecule has 1 amide bonds. The Morgan fingerprint density at radius 2 is 1.67 bits per heavy atom. The van der Waals surface area contributed by atoms with E-state index in [9.17, 15) is 14.7 Å². The highest BCUT2D eigenvalue weighted by atomic mass is 16.5. The molecule has 1 heterocycles. The topological polar surface area (TPSA) is 94.5 Å². The molecular formula is C31H33NO7. The second-order valence-corrected chi connectivity index (χ2v) is 9.20. The molecule has 3 aromatic carbocycles. The van der Waals surface area contributed by atoms with Gasteiger partial charge in [-0.25, -0.2) is 0 Å². The number of hydrogen-bond donors (Lipinski definition) is 1. The average molecular weight is 532 g/mol. The van der Waals surface area contributed by atoms with E-state index in [1.165, 1.54) is 19.1 Å². The van der Waals surface area contributed by atoms with Crippen molar-refractivity contribution in [3.63, 3.8) is 0 Å². The van der Waals surface area contributed by atoms with E-state index >= 15 is 0 Å². The van der Waals surface area contributed by atoms with Crippen molar-refractivity contribution in [1.82, 2.24) is 4.90 Å². The Morgan fingerprint density at radius 1 is 0.923 bits per heavy atom. The number of ether oxygens (including phenoxy) is 4. The quantitative estimate of drug-likeness (QED) is 0.160. The number of hydrogen-bond acceptors (Lipinski definition) is 7. The lowest BCUT2D eigenvalue weighted by atomic mass is 9.93. The van der Waals surface area contributed by atoms with Gasteiger partial charge in [0.15, 0.2) is 11.5 Å². The zero-order chi connectivity index (χ0) is 27.9. The number of ketones is 1. The lowest BCUT2D eigenvalue weighted by Crippen LogP contribution is -2.31. The van der Waals surface area contributed by atoms with Gasteiger partial charge in [-0.15, -0.1) is 0 Å². The molecule has 0 saturated carbocycles. The molecule has 3 aromatic rings. The first-order valence-corrected chi connectivity index (χ1v) is 12.7. The van der Waals surface area contributed by atoms with Gasteiger partial charge in [-0.3, -0.25) is 9.59 Å². The number of carbonyl (C=O) groups is 2. The maximum Gasteiger partial charge on any atom is 0.295 e. The van der Waals surface area contributed by atoms with Crippen molar-refractivity contribution in [2.75, 3.05) is 34.5 Å². The van der Waals surface area contributed by atoms with Crippen LogP contribution in [-0.2, 0) is 20.9 Å². The highest BCUT2D eigenvalue weighted by Crippen LogP contribution is 2.42. The van der Waals surface area contributed by atoms with Crippen molar-refractivity contribution in [2.24, 2.45) is 0 Å². The molecule has 4 rings (SSSR count). The Kier molecular flexibility index (Phi) is 8.88. The van der Waals surface area contributed by atoms with Crippen LogP contribution in [0.2, 0.25) is 0 Å². The van der Waals surface area contributed by atoms with Crippen LogP contribution >= 0.6 is 0 Å². The van der Waals surface area contributed by atoms with Crippen LogP contribution in [0.3, 0.4) is 0 Å². The number of benzene rings is 3. The fourth-order valence-corrected chi connectivity index (χ4v) is 4.74. The Morgan fingerprint density at radius 3 is 2.33 bits per heavy atom. The molecule has 0 aliphatic carbocycles. The Hall–Kier alpha value is -4.30. The number of aryl methyl sites for hydroxylation is 1. The Labute approximate surface area is 228 Å². The summed E-state index contributed by atoms with van der Waals surface area (Å²) in [5, 5.41) is 11.5. The molecule has 1 aliphatic rings. The van der Waals surface area contributed by atoms with Gasteiger partial charge in [0.2, 0.25) is 0 Å². The summed E-state index contributed by atoms with van der Waals surface area (Å²) in [6.07, 6.45) is 0.528. The molecule has 0 spiro atoms. The van der Waals surface area contributed by atoms with Gasteiger partial charge < -0.3 is 29.0 Å². The van der Waals surface area contributed by atoms with E-state index in [1.807, 2.05) is 37.3 Å². The molecule has 1 fully saturated rings. The summed E-state index contributed by atoms with van der Waals surface area (Å²) in [5.74, 6) is -0.0617. The molecule has 39 heavy (non-hydrogen) atoms. The van der Waals surface area contributed by atoms with E-state index in [0.29, 0.717) is 53.6 Å². The van der Waals surface area contributed by atoms with Crippen molar-refractivity contribution in [3.05, 3.63) is 94.6 Å². The first-order valence-electron chi connectivity index (χ1n) is 12.7. The van der Waals surface area contributed by atoms with Crippen molar-refractivity contribution < 1.29 is 33.6 Å². The highest BCUT2D eigenvalue weighted by molar-refractivity contribution is 6.46. The summed E-state index contributed by atoms with van der Waals surface area (Å²) in [6, 6.07) is 19.4. The Bertz CT molecular complexity index is 1370. The number of methoxy groups -OCH3 is 3. The normalized spacial score (nSPS) is 16.4. The van der Waals surface area contributed by atoms with Gasteiger partial charge in [0.1, 0.15) is 18.1 Å². The number of rotatable bonds is 11. The molecule has 204 valence electrons. The second-order valence-electron chi connectivity index (χ2n) is 9.20. The van der Waals surface area contributed by atoms with Gasteiger partial charge in [-0.1, -0.05) is 36.4 Å². The van der Waals surface area contributed by atoms with Crippen LogP contribution in [0, 0.1) is 6.92 Å². The summed E-state index contributed by atoms with van der Waals surface area (Å²) in [5.41, 5.74) is 2.82. The monoisotopic (exact) mass is 531 g/mol. The van der Waals surface area contributed by atoms with Crippen LogP contribution in [0.15, 0.2) is 72.3 Å². The van der Waals surface area contributed by atoms with Crippen LogP contribution < -0.4 is 14.2 Å². The first-order chi connectivity index (χ1) is 18.9. The Balaban J connectivity index is 1.73. The van der Waals surface area contributed by atoms with E-state index in [0.717, 1.165) is 5.56 Å². The number of carbonyl (C=O) groups excluding carboxylic acids is 2. The average Bonchev–Trinajstić information content (AvgIpc) is 3.21. The number of likely N-dealkylation sites (tertiary alicyclic amines) is 1. The summed E-state index contributed by atoms with van der Waals surface area (Å²) in [6.45, 7) is 2.92. The van der Waals surface area contributed by atoms with Gasteiger partial charge in [0.05, 0.1) is 25.8 Å². The first kappa shape index (κ1) is 27.7. The van der Waals surface area contributed by atoms with Gasteiger partial charge in [-0.05, 0) is 60.4 Å². The summed E-state index contributed by atoms with van der Waals surface area (Å²) in [4.78, 5) is 28.0. The zero-order valence-electron chi connectivity index (χ0n) is 22.6. The maximum absolute atomic E-state index is 13.3. The van der Waals surface area contributed by atoms with E-state index in [2.05, 4.69) is 0 Å². The third-order valence-corrected chi connectivity index (χ3v) is 6.71. The smallest absolute Gasteiger partial charge is 0.295 e. The summed E-state index contributed by atoms with van der Waals surface area (Å²) in [7, 11) is 4.63. The molecule has 0 aromatic heterocycles. The van der Waals surface area contributed by atoms with Crippen molar-refractivity contribution in [1.29, 1.82) is 0 Å². The van der Waals surface area contributed by atoms with Crippen LogP contribution in [0.1, 0.15) is 34.7 Å². The van der Waals surface area contributed by atoms with E-state index < -0.39 is 17.7 Å². The molecule has 1 atom stereocenters. The van der Waals surface area contributed by atoms with E-state index in [-0.39, 0.29) is 17.9 Å². The van der Waals surface area contributed by atoms with Gasteiger partial charge in [0, 0.05) is 25.8 Å². The van der Waals surface area contributed by atoms with E-state index in [1.54, 1.807) is 43.5 Å².